The van der Waals surface area contributed by atoms with Crippen LogP contribution in [-0.2, 0) is 12.8 Å². The zero-order chi connectivity index (χ0) is 17.9. The van der Waals surface area contributed by atoms with Gasteiger partial charge in [0, 0.05) is 23.5 Å². The van der Waals surface area contributed by atoms with Gasteiger partial charge in [0.1, 0.15) is 6.61 Å². The molecule has 0 aliphatic carbocycles. The molecule has 0 aliphatic rings. The van der Waals surface area contributed by atoms with Crippen LogP contribution in [0.5, 0.6) is 5.88 Å². The van der Waals surface area contributed by atoms with Crippen LogP contribution in [0.3, 0.4) is 0 Å². The summed E-state index contributed by atoms with van der Waals surface area (Å²) < 4.78 is 44.4. The van der Waals surface area contributed by atoms with E-state index in [2.05, 4.69) is 4.98 Å². The summed E-state index contributed by atoms with van der Waals surface area (Å²) >= 11 is 0. The van der Waals surface area contributed by atoms with Crippen molar-refractivity contribution >= 4 is 5.69 Å². The Labute approximate surface area is 142 Å². The number of ether oxygens (including phenoxy) is 1. The van der Waals surface area contributed by atoms with Gasteiger partial charge in [-0.1, -0.05) is 36.4 Å². The van der Waals surface area contributed by atoms with Gasteiger partial charge in [0.15, 0.2) is 0 Å². The van der Waals surface area contributed by atoms with E-state index in [1.807, 2.05) is 30.3 Å². The molecule has 0 bridgehead atoms. The number of anilines is 1. The average Bonchev–Trinajstić information content (AvgIpc) is 2.61. The quantitative estimate of drug-likeness (QED) is 0.683. The van der Waals surface area contributed by atoms with Crippen molar-refractivity contribution in [1.29, 1.82) is 0 Å². The van der Waals surface area contributed by atoms with E-state index in [4.69, 9.17) is 10.5 Å². The van der Waals surface area contributed by atoms with Crippen LogP contribution in [-0.4, -0.2) is 4.98 Å². The molecule has 6 heteroatoms. The second kappa shape index (κ2) is 6.84. The Kier molecular flexibility index (Phi) is 4.61. The number of nitrogens with zero attached hydrogens (tertiary/aromatic N) is 1. The molecule has 2 aromatic carbocycles. The Hall–Kier alpha value is -3.02. The molecule has 0 saturated carbocycles. The zero-order valence-corrected chi connectivity index (χ0v) is 13.1. The van der Waals surface area contributed by atoms with Crippen LogP contribution in [0.4, 0.5) is 18.9 Å². The standard InChI is InChI=1S/C19H15F3N2O/c20-19(21,22)16-10-14(6-8-17(16)23)15-7-9-18(24-11-15)25-12-13-4-2-1-3-5-13/h1-11H,12,23H2. The Morgan fingerprint density at radius 1 is 0.920 bits per heavy atom. The Morgan fingerprint density at radius 2 is 1.64 bits per heavy atom. The predicted molar refractivity (Wildman–Crippen MR) is 89.9 cm³/mol. The number of hydrogen-bond acceptors (Lipinski definition) is 3. The van der Waals surface area contributed by atoms with Crippen molar-refractivity contribution < 1.29 is 17.9 Å². The van der Waals surface area contributed by atoms with E-state index >= 15 is 0 Å². The summed E-state index contributed by atoms with van der Waals surface area (Å²) in [6, 6.07) is 16.7. The van der Waals surface area contributed by atoms with Gasteiger partial charge < -0.3 is 10.5 Å². The van der Waals surface area contributed by atoms with Crippen molar-refractivity contribution in [1.82, 2.24) is 4.98 Å². The lowest BCUT2D eigenvalue weighted by Crippen LogP contribution is -2.08. The van der Waals surface area contributed by atoms with E-state index in [9.17, 15) is 13.2 Å². The third-order valence-electron chi connectivity index (χ3n) is 3.66. The average molecular weight is 344 g/mol. The molecule has 0 saturated heterocycles. The number of rotatable bonds is 4. The van der Waals surface area contributed by atoms with Crippen LogP contribution in [0, 0.1) is 0 Å². The highest BCUT2D eigenvalue weighted by Crippen LogP contribution is 2.36. The van der Waals surface area contributed by atoms with Crippen molar-refractivity contribution in [2.75, 3.05) is 5.73 Å². The van der Waals surface area contributed by atoms with Crippen LogP contribution in [0.15, 0.2) is 66.9 Å². The fourth-order valence-electron chi connectivity index (χ4n) is 2.35. The molecule has 0 amide bonds. The Balaban J connectivity index is 1.76. The number of pyridine rings is 1. The topological polar surface area (TPSA) is 48.1 Å². The van der Waals surface area contributed by atoms with E-state index < -0.39 is 11.7 Å². The number of nitrogen functional groups attached to an aromatic ring is 1. The lowest BCUT2D eigenvalue weighted by Gasteiger charge is -2.12. The first-order valence-corrected chi connectivity index (χ1v) is 7.53. The van der Waals surface area contributed by atoms with Crippen molar-refractivity contribution in [2.45, 2.75) is 12.8 Å². The minimum atomic E-state index is -4.49. The van der Waals surface area contributed by atoms with Crippen LogP contribution < -0.4 is 10.5 Å². The van der Waals surface area contributed by atoms with Gasteiger partial charge >= 0.3 is 6.18 Å². The van der Waals surface area contributed by atoms with Gasteiger partial charge in [-0.15, -0.1) is 0 Å². The fraction of sp³-hybridized carbons (Fsp3) is 0.105. The molecule has 1 aromatic heterocycles. The number of benzene rings is 2. The summed E-state index contributed by atoms with van der Waals surface area (Å²) in [6.45, 7) is 0.368. The molecule has 3 rings (SSSR count). The monoisotopic (exact) mass is 344 g/mol. The molecule has 0 unspecified atom stereocenters. The minimum Gasteiger partial charge on any atom is -0.473 e. The summed E-state index contributed by atoms with van der Waals surface area (Å²) in [7, 11) is 0. The van der Waals surface area contributed by atoms with Crippen molar-refractivity contribution in [3.63, 3.8) is 0 Å². The third-order valence-corrected chi connectivity index (χ3v) is 3.66. The highest BCUT2D eigenvalue weighted by Gasteiger charge is 2.33. The largest absolute Gasteiger partial charge is 0.473 e. The molecule has 3 nitrogen and oxygen atoms in total. The van der Waals surface area contributed by atoms with Gasteiger partial charge in [0.05, 0.1) is 5.56 Å². The molecular weight excluding hydrogens is 329 g/mol. The molecule has 0 spiro atoms. The first-order valence-electron chi connectivity index (χ1n) is 7.53. The summed E-state index contributed by atoms with van der Waals surface area (Å²) in [5.74, 6) is 0.402. The van der Waals surface area contributed by atoms with Crippen LogP contribution in [0.2, 0.25) is 0 Å². The summed E-state index contributed by atoms with van der Waals surface area (Å²) in [4.78, 5) is 4.15. The number of hydrogen-bond donors (Lipinski definition) is 1. The molecule has 0 aliphatic heterocycles. The SMILES string of the molecule is Nc1ccc(-c2ccc(OCc3ccccc3)nc2)cc1C(F)(F)F. The van der Waals surface area contributed by atoms with Crippen LogP contribution in [0.1, 0.15) is 11.1 Å². The second-order valence-electron chi connectivity index (χ2n) is 5.46. The van der Waals surface area contributed by atoms with Gasteiger partial charge in [-0.2, -0.15) is 13.2 Å². The Morgan fingerprint density at radius 3 is 2.28 bits per heavy atom. The van der Waals surface area contributed by atoms with E-state index in [0.29, 0.717) is 23.6 Å². The summed E-state index contributed by atoms with van der Waals surface area (Å²) in [5.41, 5.74) is 6.21. The predicted octanol–water partition coefficient (Wildman–Crippen LogP) is 4.93. The minimum absolute atomic E-state index is 0.299. The van der Waals surface area contributed by atoms with Crippen molar-refractivity contribution in [3.8, 4) is 17.0 Å². The first-order chi connectivity index (χ1) is 11.9. The van der Waals surface area contributed by atoms with Crippen LogP contribution in [0.25, 0.3) is 11.1 Å². The fourth-order valence-corrected chi connectivity index (χ4v) is 2.35. The van der Waals surface area contributed by atoms with Gasteiger partial charge in [0.2, 0.25) is 5.88 Å². The molecular formula is C19H15F3N2O. The maximum absolute atomic E-state index is 13.0. The first kappa shape index (κ1) is 16.8. The van der Waals surface area contributed by atoms with Gasteiger partial charge in [-0.05, 0) is 29.3 Å². The van der Waals surface area contributed by atoms with E-state index in [1.54, 1.807) is 12.1 Å². The van der Waals surface area contributed by atoms with Crippen LogP contribution >= 0.6 is 0 Å². The number of halogens is 3. The normalized spacial score (nSPS) is 11.3. The maximum atomic E-state index is 13.0. The van der Waals surface area contributed by atoms with E-state index in [0.717, 1.165) is 11.6 Å². The summed E-state index contributed by atoms with van der Waals surface area (Å²) in [5, 5.41) is 0. The molecule has 128 valence electrons. The van der Waals surface area contributed by atoms with E-state index in [1.165, 1.54) is 18.3 Å². The molecule has 3 aromatic rings. The lowest BCUT2D eigenvalue weighted by atomic mass is 10.0. The van der Waals surface area contributed by atoms with Gasteiger partial charge in [0.25, 0.3) is 0 Å². The Bertz CT molecular complexity index is 847. The molecule has 0 atom stereocenters. The highest BCUT2D eigenvalue weighted by molar-refractivity contribution is 5.67. The maximum Gasteiger partial charge on any atom is 0.418 e. The molecule has 0 radical (unpaired) electrons. The summed E-state index contributed by atoms with van der Waals surface area (Å²) in [6.07, 6.45) is -3.02. The van der Waals surface area contributed by atoms with Crippen molar-refractivity contribution in [2.24, 2.45) is 0 Å². The van der Waals surface area contributed by atoms with Gasteiger partial charge in [-0.25, -0.2) is 4.98 Å². The lowest BCUT2D eigenvalue weighted by molar-refractivity contribution is -0.136. The van der Waals surface area contributed by atoms with Gasteiger partial charge in [-0.3, -0.25) is 0 Å². The molecule has 1 heterocycles. The zero-order valence-electron chi connectivity index (χ0n) is 13.1. The highest BCUT2D eigenvalue weighted by atomic mass is 19.4. The second-order valence-corrected chi connectivity index (χ2v) is 5.46. The van der Waals surface area contributed by atoms with Crippen molar-refractivity contribution in [3.05, 3.63) is 78.0 Å². The number of nitrogens with two attached hydrogens (primary N) is 1. The van der Waals surface area contributed by atoms with E-state index in [-0.39, 0.29) is 5.69 Å². The third kappa shape index (κ3) is 4.09. The molecule has 25 heavy (non-hydrogen) atoms. The number of alkyl halides is 3. The smallest absolute Gasteiger partial charge is 0.418 e. The molecule has 2 N–H and O–H groups in total. The number of aromatic nitrogens is 1. The molecule has 0 fully saturated rings.